The second-order valence-electron chi connectivity index (χ2n) is 2.20. The Morgan fingerprint density at radius 1 is 1.36 bits per heavy atom. The molecule has 60 valence electrons. The molecule has 0 aromatic heterocycles. The molecule has 2 aliphatic rings. The van der Waals surface area contributed by atoms with Crippen molar-refractivity contribution in [2.75, 3.05) is 6.54 Å². The number of nitrogens with zero attached hydrogens (tertiary/aromatic N) is 1. The fourth-order valence-corrected chi connectivity index (χ4v) is 0.880. The molecule has 0 aromatic rings. The van der Waals surface area contributed by atoms with Crippen molar-refractivity contribution in [3.8, 4) is 0 Å². The normalized spacial score (nSPS) is 30.4. The Kier molecular flexibility index (Phi) is 1.22. The van der Waals surface area contributed by atoms with Gasteiger partial charge in [-0.15, -0.1) is 0 Å². The summed E-state index contributed by atoms with van der Waals surface area (Å²) in [4.78, 5) is 25.5. The molecule has 2 rings (SSSR count). The number of cyclic esters (lactones) is 2. The molecular weight excluding hydrogens is 154 g/mol. The molecule has 0 N–H and O–H groups in total. The van der Waals surface area contributed by atoms with Gasteiger partial charge in [0.15, 0.2) is 6.23 Å². The van der Waals surface area contributed by atoms with Crippen LogP contribution in [0.15, 0.2) is 0 Å². The lowest BCUT2D eigenvalue weighted by molar-refractivity contribution is -0.240. The minimum absolute atomic E-state index is 0.450. The first-order valence-electron chi connectivity index (χ1n) is 3.13. The molecule has 0 aliphatic carbocycles. The topological polar surface area (TPSA) is 65.1 Å². The van der Waals surface area contributed by atoms with Gasteiger partial charge in [-0.25, -0.2) is 9.59 Å². The van der Waals surface area contributed by atoms with Gasteiger partial charge in [0.05, 0.1) is 0 Å². The maximum atomic E-state index is 10.5. The lowest BCUT2D eigenvalue weighted by Gasteiger charge is -2.33. The second-order valence-corrected chi connectivity index (χ2v) is 2.20. The van der Waals surface area contributed by atoms with E-state index in [1.54, 1.807) is 0 Å². The predicted molar refractivity (Wildman–Crippen MR) is 29.2 cm³/mol. The second kappa shape index (κ2) is 2.09. The summed E-state index contributed by atoms with van der Waals surface area (Å²) < 4.78 is 8.63. The third-order valence-electron chi connectivity index (χ3n) is 1.51. The average Bonchev–Trinajstić information content (AvgIpc) is 1.99. The van der Waals surface area contributed by atoms with Crippen LogP contribution in [-0.2, 0) is 14.3 Å². The predicted octanol–water partition coefficient (Wildman–Crippen LogP) is 0.237. The van der Waals surface area contributed by atoms with Crippen molar-refractivity contribution in [2.24, 2.45) is 0 Å². The molecule has 0 spiro atoms. The molecule has 0 bridgehead atoms. The van der Waals surface area contributed by atoms with Crippen LogP contribution in [0, 0.1) is 0 Å². The SMILES string of the molecule is O=C1OC(=O)ON2CCC2O1. The van der Waals surface area contributed by atoms with Gasteiger partial charge in [-0.05, 0) is 0 Å². The number of fused-ring (bicyclic) bond motifs is 1. The van der Waals surface area contributed by atoms with E-state index in [0.717, 1.165) is 0 Å². The molecule has 1 unspecified atom stereocenters. The van der Waals surface area contributed by atoms with E-state index in [9.17, 15) is 9.59 Å². The molecule has 0 aromatic carbocycles. The van der Waals surface area contributed by atoms with Gasteiger partial charge >= 0.3 is 12.3 Å². The first kappa shape index (κ1) is 6.41. The maximum absolute atomic E-state index is 10.5. The average molecular weight is 159 g/mol. The Bertz CT molecular complexity index is 193. The fraction of sp³-hybridized carbons (Fsp3) is 0.600. The molecule has 0 radical (unpaired) electrons. The van der Waals surface area contributed by atoms with E-state index in [2.05, 4.69) is 14.3 Å². The van der Waals surface area contributed by atoms with Gasteiger partial charge in [0.25, 0.3) is 0 Å². The van der Waals surface area contributed by atoms with Crippen LogP contribution in [0.5, 0.6) is 0 Å². The molecule has 11 heavy (non-hydrogen) atoms. The van der Waals surface area contributed by atoms with Gasteiger partial charge in [0.1, 0.15) is 0 Å². The zero-order valence-electron chi connectivity index (χ0n) is 5.48. The van der Waals surface area contributed by atoms with E-state index in [1.807, 2.05) is 0 Å². The van der Waals surface area contributed by atoms with Crippen molar-refractivity contribution in [3.63, 3.8) is 0 Å². The highest BCUT2D eigenvalue weighted by Gasteiger charge is 2.39. The summed E-state index contributed by atoms with van der Waals surface area (Å²) in [5, 5.41) is 1.26. The summed E-state index contributed by atoms with van der Waals surface area (Å²) in [6.45, 7) is 0.576. The standard InChI is InChI=1S/C5H5NO5/c7-4-9-3-1-2-6(3)11-5(8)10-4/h3H,1-2H2. The summed E-state index contributed by atoms with van der Waals surface area (Å²) >= 11 is 0. The van der Waals surface area contributed by atoms with Gasteiger partial charge in [-0.2, -0.15) is 0 Å². The zero-order chi connectivity index (χ0) is 7.84. The van der Waals surface area contributed by atoms with Crippen LogP contribution < -0.4 is 0 Å². The summed E-state index contributed by atoms with van der Waals surface area (Å²) in [6.07, 6.45) is -1.81. The lowest BCUT2D eigenvalue weighted by atomic mass is 10.2. The third-order valence-corrected chi connectivity index (χ3v) is 1.51. The van der Waals surface area contributed by atoms with Crippen LogP contribution in [0.2, 0.25) is 0 Å². The Hall–Kier alpha value is -1.30. The van der Waals surface area contributed by atoms with Crippen molar-refractivity contribution in [3.05, 3.63) is 0 Å². The Balaban J connectivity index is 2.09. The molecule has 1 atom stereocenters. The third kappa shape index (κ3) is 1.01. The summed E-state index contributed by atoms with van der Waals surface area (Å²) in [6, 6.07) is 0. The first-order valence-corrected chi connectivity index (χ1v) is 3.13. The van der Waals surface area contributed by atoms with E-state index < -0.39 is 18.5 Å². The number of hydroxylamine groups is 2. The number of carbonyl (C=O) groups excluding carboxylic acids is 2. The van der Waals surface area contributed by atoms with Crippen molar-refractivity contribution in [1.29, 1.82) is 0 Å². The van der Waals surface area contributed by atoms with Crippen LogP contribution in [0.25, 0.3) is 0 Å². The summed E-state index contributed by atoms with van der Waals surface area (Å²) in [7, 11) is 0. The highest BCUT2D eigenvalue weighted by molar-refractivity contribution is 5.77. The minimum Gasteiger partial charge on any atom is -0.411 e. The smallest absolute Gasteiger partial charge is 0.411 e. The molecular formula is C5H5NO5. The van der Waals surface area contributed by atoms with Gasteiger partial charge < -0.3 is 14.3 Å². The largest absolute Gasteiger partial charge is 0.538 e. The van der Waals surface area contributed by atoms with Crippen LogP contribution in [0.4, 0.5) is 9.59 Å². The lowest BCUT2D eigenvalue weighted by Crippen LogP contribution is -2.48. The zero-order valence-corrected chi connectivity index (χ0v) is 5.48. The quantitative estimate of drug-likeness (QED) is 0.372. The van der Waals surface area contributed by atoms with Crippen molar-refractivity contribution in [2.45, 2.75) is 12.6 Å². The Labute approximate surface area is 61.6 Å². The van der Waals surface area contributed by atoms with E-state index in [1.165, 1.54) is 5.06 Å². The summed E-state index contributed by atoms with van der Waals surface area (Å²) in [5.74, 6) is 0. The van der Waals surface area contributed by atoms with E-state index in [-0.39, 0.29) is 0 Å². The van der Waals surface area contributed by atoms with E-state index in [4.69, 9.17) is 0 Å². The minimum atomic E-state index is -1.03. The van der Waals surface area contributed by atoms with Gasteiger partial charge in [0, 0.05) is 13.0 Å². The highest BCUT2D eigenvalue weighted by Crippen LogP contribution is 2.22. The van der Waals surface area contributed by atoms with Crippen molar-refractivity contribution in [1.82, 2.24) is 5.06 Å². The number of hydrogen-bond donors (Lipinski definition) is 0. The molecule has 2 aliphatic heterocycles. The number of hydrogen-bond acceptors (Lipinski definition) is 6. The van der Waals surface area contributed by atoms with Crippen molar-refractivity contribution < 1.29 is 23.9 Å². The van der Waals surface area contributed by atoms with E-state index >= 15 is 0 Å². The van der Waals surface area contributed by atoms with Crippen LogP contribution >= 0.6 is 0 Å². The maximum Gasteiger partial charge on any atom is 0.538 e. The van der Waals surface area contributed by atoms with Gasteiger partial charge in [-0.1, -0.05) is 5.06 Å². The molecule has 0 saturated carbocycles. The Morgan fingerprint density at radius 3 is 2.82 bits per heavy atom. The monoisotopic (exact) mass is 159 g/mol. The first-order chi connectivity index (χ1) is 5.25. The fourth-order valence-electron chi connectivity index (χ4n) is 0.880. The van der Waals surface area contributed by atoms with Crippen LogP contribution in [0.1, 0.15) is 6.42 Å². The van der Waals surface area contributed by atoms with Crippen LogP contribution in [0.3, 0.4) is 0 Å². The Morgan fingerprint density at radius 2 is 2.18 bits per heavy atom. The number of rotatable bonds is 0. The van der Waals surface area contributed by atoms with Gasteiger partial charge in [-0.3, -0.25) is 0 Å². The molecule has 2 fully saturated rings. The molecule has 2 saturated heterocycles. The molecule has 6 heteroatoms. The van der Waals surface area contributed by atoms with Crippen molar-refractivity contribution >= 4 is 12.3 Å². The highest BCUT2D eigenvalue weighted by atomic mass is 16.9. The number of carbonyl (C=O) groups is 2. The number of ether oxygens (including phenoxy) is 2. The van der Waals surface area contributed by atoms with E-state index in [0.29, 0.717) is 13.0 Å². The molecule has 0 amide bonds. The van der Waals surface area contributed by atoms with Crippen LogP contribution in [-0.4, -0.2) is 30.1 Å². The summed E-state index contributed by atoms with van der Waals surface area (Å²) in [5.41, 5.74) is 0. The molecule has 2 heterocycles. The van der Waals surface area contributed by atoms with Gasteiger partial charge in [0.2, 0.25) is 0 Å². The molecule has 6 nitrogen and oxygen atoms in total.